The van der Waals surface area contributed by atoms with Gasteiger partial charge in [0, 0.05) is 51.0 Å². The number of amides is 1. The minimum atomic E-state index is -0.103. The highest BCUT2D eigenvalue weighted by Gasteiger charge is 2.21. The van der Waals surface area contributed by atoms with Gasteiger partial charge < -0.3 is 21.3 Å². The molecule has 8 nitrogen and oxygen atoms in total. The van der Waals surface area contributed by atoms with E-state index in [0.29, 0.717) is 11.5 Å². The topological polar surface area (TPSA) is 99.4 Å². The van der Waals surface area contributed by atoms with Crippen LogP contribution in [-0.2, 0) is 11.3 Å². The van der Waals surface area contributed by atoms with Crippen LogP contribution in [0.15, 0.2) is 60.9 Å². The second-order valence-electron chi connectivity index (χ2n) is 7.59. The fraction of sp³-hybridized carbons (Fsp3) is 0.261. The molecule has 0 spiro atoms. The minimum Gasteiger partial charge on any atom is -0.393 e. The molecule has 4 rings (SSSR count). The number of nitrogen functional groups attached to an aromatic ring is 1. The average molecular weight is 418 g/mol. The van der Waals surface area contributed by atoms with E-state index in [4.69, 9.17) is 5.73 Å². The molecular weight excluding hydrogens is 390 g/mol. The van der Waals surface area contributed by atoms with Crippen LogP contribution in [0.3, 0.4) is 0 Å². The SMILES string of the molecule is CC(=O)Nc1ccc(Nc2ncnc(N3CCN(Cc4ccccc4)CC3)c2N)cc1. The number of piperazine rings is 1. The van der Waals surface area contributed by atoms with E-state index in [9.17, 15) is 4.79 Å². The largest absolute Gasteiger partial charge is 0.393 e. The predicted molar refractivity (Wildman–Crippen MR) is 124 cm³/mol. The van der Waals surface area contributed by atoms with E-state index >= 15 is 0 Å². The summed E-state index contributed by atoms with van der Waals surface area (Å²) >= 11 is 0. The second kappa shape index (κ2) is 9.44. The Morgan fingerprint density at radius 3 is 2.32 bits per heavy atom. The van der Waals surface area contributed by atoms with E-state index in [-0.39, 0.29) is 5.91 Å². The van der Waals surface area contributed by atoms with Crippen molar-refractivity contribution in [3.8, 4) is 0 Å². The van der Waals surface area contributed by atoms with Crippen LogP contribution in [0, 0.1) is 0 Å². The van der Waals surface area contributed by atoms with E-state index in [1.54, 1.807) is 0 Å². The van der Waals surface area contributed by atoms with Crippen molar-refractivity contribution in [3.05, 3.63) is 66.5 Å². The zero-order valence-electron chi connectivity index (χ0n) is 17.6. The summed E-state index contributed by atoms with van der Waals surface area (Å²) in [5.74, 6) is 1.23. The number of hydrogen-bond donors (Lipinski definition) is 3. The van der Waals surface area contributed by atoms with Crippen LogP contribution in [-0.4, -0.2) is 47.0 Å². The van der Waals surface area contributed by atoms with Gasteiger partial charge in [-0.15, -0.1) is 0 Å². The lowest BCUT2D eigenvalue weighted by atomic mass is 10.2. The van der Waals surface area contributed by atoms with Gasteiger partial charge in [0.1, 0.15) is 12.0 Å². The Kier molecular flexibility index (Phi) is 6.28. The predicted octanol–water partition coefficient (Wildman–Crippen LogP) is 3.08. The van der Waals surface area contributed by atoms with Gasteiger partial charge in [0.25, 0.3) is 0 Å². The van der Waals surface area contributed by atoms with E-state index in [1.165, 1.54) is 18.8 Å². The Morgan fingerprint density at radius 1 is 0.968 bits per heavy atom. The van der Waals surface area contributed by atoms with Crippen LogP contribution in [0.1, 0.15) is 12.5 Å². The molecule has 2 heterocycles. The lowest BCUT2D eigenvalue weighted by Crippen LogP contribution is -2.46. The summed E-state index contributed by atoms with van der Waals surface area (Å²) in [5.41, 5.74) is 9.85. The molecule has 31 heavy (non-hydrogen) atoms. The maximum atomic E-state index is 11.2. The first-order chi connectivity index (χ1) is 15.1. The normalized spacial score (nSPS) is 14.3. The van der Waals surface area contributed by atoms with Gasteiger partial charge in [0.05, 0.1) is 0 Å². The molecule has 3 aromatic rings. The molecule has 2 aromatic carbocycles. The summed E-state index contributed by atoms with van der Waals surface area (Å²) in [6.45, 7) is 6.06. The molecule has 1 aromatic heterocycles. The third-order valence-electron chi connectivity index (χ3n) is 5.25. The smallest absolute Gasteiger partial charge is 0.221 e. The fourth-order valence-corrected chi connectivity index (χ4v) is 3.67. The number of carbonyl (C=O) groups is 1. The van der Waals surface area contributed by atoms with E-state index in [2.05, 4.69) is 54.7 Å². The number of benzene rings is 2. The summed E-state index contributed by atoms with van der Waals surface area (Å²) in [4.78, 5) is 24.6. The Bertz CT molecular complexity index is 1020. The van der Waals surface area contributed by atoms with Crippen molar-refractivity contribution in [1.82, 2.24) is 14.9 Å². The molecule has 1 amide bonds. The number of rotatable bonds is 6. The summed E-state index contributed by atoms with van der Waals surface area (Å²) < 4.78 is 0. The minimum absolute atomic E-state index is 0.103. The first-order valence-corrected chi connectivity index (χ1v) is 10.3. The molecule has 0 atom stereocenters. The maximum absolute atomic E-state index is 11.2. The summed E-state index contributed by atoms with van der Waals surface area (Å²) in [6.07, 6.45) is 1.54. The van der Waals surface area contributed by atoms with Gasteiger partial charge in [-0.3, -0.25) is 9.69 Å². The van der Waals surface area contributed by atoms with Gasteiger partial charge in [0.15, 0.2) is 11.6 Å². The van der Waals surface area contributed by atoms with Crippen LogP contribution < -0.4 is 21.3 Å². The molecule has 0 unspecified atom stereocenters. The lowest BCUT2D eigenvalue weighted by Gasteiger charge is -2.36. The quantitative estimate of drug-likeness (QED) is 0.567. The average Bonchev–Trinajstić information content (AvgIpc) is 2.78. The summed E-state index contributed by atoms with van der Waals surface area (Å²) in [6, 6.07) is 17.9. The van der Waals surface area contributed by atoms with E-state index < -0.39 is 0 Å². The molecule has 1 aliphatic rings. The number of nitrogens with one attached hydrogen (secondary N) is 2. The number of nitrogens with zero attached hydrogens (tertiary/aromatic N) is 4. The molecule has 8 heteroatoms. The van der Waals surface area contributed by atoms with Crippen LogP contribution in [0.4, 0.5) is 28.7 Å². The number of hydrogen-bond acceptors (Lipinski definition) is 7. The van der Waals surface area contributed by atoms with Gasteiger partial charge in [-0.2, -0.15) is 0 Å². The van der Waals surface area contributed by atoms with Crippen LogP contribution in [0.25, 0.3) is 0 Å². The van der Waals surface area contributed by atoms with Gasteiger partial charge >= 0.3 is 0 Å². The Balaban J connectivity index is 1.39. The van der Waals surface area contributed by atoms with E-state index in [0.717, 1.165) is 49.9 Å². The van der Waals surface area contributed by atoms with E-state index in [1.807, 2.05) is 30.3 Å². The third-order valence-corrected chi connectivity index (χ3v) is 5.25. The van der Waals surface area contributed by atoms with Crippen molar-refractivity contribution in [2.24, 2.45) is 0 Å². The fourth-order valence-electron chi connectivity index (χ4n) is 3.67. The molecule has 1 fully saturated rings. The Labute approximate surface area is 182 Å². The third kappa shape index (κ3) is 5.29. The maximum Gasteiger partial charge on any atom is 0.221 e. The lowest BCUT2D eigenvalue weighted by molar-refractivity contribution is -0.114. The van der Waals surface area contributed by atoms with Crippen molar-refractivity contribution in [2.75, 3.05) is 47.4 Å². The zero-order valence-corrected chi connectivity index (χ0v) is 17.6. The van der Waals surface area contributed by atoms with Crippen molar-refractivity contribution in [1.29, 1.82) is 0 Å². The molecule has 1 aliphatic heterocycles. The number of carbonyl (C=O) groups excluding carboxylic acids is 1. The number of nitrogens with two attached hydrogens (primary N) is 1. The van der Waals surface area contributed by atoms with Crippen LogP contribution >= 0.6 is 0 Å². The van der Waals surface area contributed by atoms with Gasteiger partial charge in [0.2, 0.25) is 5.91 Å². The number of anilines is 5. The summed E-state index contributed by atoms with van der Waals surface area (Å²) in [7, 11) is 0. The standard InChI is InChI=1S/C23H27N7O/c1-17(31)27-19-7-9-20(10-8-19)28-22-21(24)23(26-16-25-22)30-13-11-29(12-14-30)15-18-5-3-2-4-6-18/h2-10,16H,11-15,24H2,1H3,(H,27,31)(H,25,26,28). The Hall–Kier alpha value is -3.65. The highest BCUT2D eigenvalue weighted by Crippen LogP contribution is 2.29. The van der Waals surface area contributed by atoms with Crippen molar-refractivity contribution < 1.29 is 4.79 Å². The first-order valence-electron chi connectivity index (χ1n) is 10.3. The molecule has 0 radical (unpaired) electrons. The molecule has 0 bridgehead atoms. The number of aromatic nitrogens is 2. The molecule has 1 saturated heterocycles. The first kappa shape index (κ1) is 20.6. The molecule has 160 valence electrons. The van der Waals surface area contributed by atoms with Crippen LogP contribution in [0.2, 0.25) is 0 Å². The van der Waals surface area contributed by atoms with Crippen LogP contribution in [0.5, 0.6) is 0 Å². The van der Waals surface area contributed by atoms with Gasteiger partial charge in [-0.1, -0.05) is 30.3 Å². The second-order valence-corrected chi connectivity index (χ2v) is 7.59. The highest BCUT2D eigenvalue weighted by atomic mass is 16.1. The Morgan fingerprint density at radius 2 is 1.65 bits per heavy atom. The van der Waals surface area contributed by atoms with Crippen molar-refractivity contribution in [3.63, 3.8) is 0 Å². The van der Waals surface area contributed by atoms with Crippen molar-refractivity contribution in [2.45, 2.75) is 13.5 Å². The molecule has 4 N–H and O–H groups in total. The monoisotopic (exact) mass is 417 g/mol. The molecular formula is C23H27N7O. The summed E-state index contributed by atoms with van der Waals surface area (Å²) in [5, 5.41) is 6.00. The van der Waals surface area contributed by atoms with Gasteiger partial charge in [-0.25, -0.2) is 9.97 Å². The van der Waals surface area contributed by atoms with Gasteiger partial charge in [-0.05, 0) is 29.8 Å². The zero-order chi connectivity index (χ0) is 21.6. The van der Waals surface area contributed by atoms with Crippen molar-refractivity contribution >= 4 is 34.6 Å². The highest BCUT2D eigenvalue weighted by molar-refractivity contribution is 5.89. The molecule has 0 aliphatic carbocycles. The molecule has 0 saturated carbocycles.